The minimum atomic E-state index is -0.102. The minimum Gasteiger partial charge on any atom is -0.351 e. The summed E-state index contributed by atoms with van der Waals surface area (Å²) in [4.78, 5) is 46.3. The number of carbonyl (C=O) groups is 3. The highest BCUT2D eigenvalue weighted by Gasteiger charge is 2.25. The number of H-pyrrole nitrogens is 1. The largest absolute Gasteiger partial charge is 0.351 e. The number of hydrogen-bond donors (Lipinski definition) is 2. The summed E-state index contributed by atoms with van der Waals surface area (Å²) in [5.74, 6) is 0.0113. The number of rotatable bonds is 5. The summed E-state index contributed by atoms with van der Waals surface area (Å²) in [6, 6.07) is 17.2. The van der Waals surface area contributed by atoms with Crippen LogP contribution in [0.2, 0.25) is 0 Å². The predicted molar refractivity (Wildman–Crippen MR) is 127 cm³/mol. The lowest BCUT2D eigenvalue weighted by molar-refractivity contribution is -0.118. The molecular formula is C25H27N5O3. The number of para-hydroxylation sites is 1. The summed E-state index contributed by atoms with van der Waals surface area (Å²) < 4.78 is 0. The summed E-state index contributed by atoms with van der Waals surface area (Å²) in [5, 5.41) is 3.96. The normalized spacial score (nSPS) is 17.0. The third-order valence-corrected chi connectivity index (χ3v) is 6.30. The van der Waals surface area contributed by atoms with Crippen LogP contribution in [0.4, 0.5) is 11.4 Å². The molecule has 2 aromatic carbocycles. The van der Waals surface area contributed by atoms with Gasteiger partial charge in [0.15, 0.2) is 0 Å². The monoisotopic (exact) mass is 445 g/mol. The highest BCUT2D eigenvalue weighted by molar-refractivity contribution is 5.98. The van der Waals surface area contributed by atoms with E-state index in [0.717, 1.165) is 29.6 Å². The molecule has 0 atom stereocenters. The molecule has 0 radical (unpaired) electrons. The van der Waals surface area contributed by atoms with Crippen molar-refractivity contribution in [1.29, 1.82) is 0 Å². The molecule has 8 heteroatoms. The number of benzene rings is 2. The Bertz CT molecular complexity index is 1160. The molecule has 0 spiro atoms. The van der Waals surface area contributed by atoms with Crippen LogP contribution in [0.25, 0.3) is 10.9 Å². The number of hydrogen-bond acceptors (Lipinski definition) is 4. The zero-order chi connectivity index (χ0) is 22.8. The molecule has 3 amide bonds. The first kappa shape index (κ1) is 21.2. The average Bonchev–Trinajstić information content (AvgIpc) is 3.45. The van der Waals surface area contributed by atoms with Crippen molar-refractivity contribution in [3.63, 3.8) is 0 Å². The Labute approximate surface area is 192 Å². The Morgan fingerprint density at radius 3 is 2.52 bits per heavy atom. The number of aromatic nitrogens is 1. The number of carbonyl (C=O) groups excluding carboxylic acids is 3. The Balaban J connectivity index is 1.13. The molecule has 3 heterocycles. The Morgan fingerprint density at radius 1 is 0.939 bits per heavy atom. The highest BCUT2D eigenvalue weighted by Crippen LogP contribution is 2.24. The van der Waals surface area contributed by atoms with Crippen molar-refractivity contribution < 1.29 is 14.4 Å². The van der Waals surface area contributed by atoms with E-state index in [1.54, 1.807) is 4.90 Å². The van der Waals surface area contributed by atoms with Crippen LogP contribution in [0.3, 0.4) is 0 Å². The molecule has 0 aliphatic carbocycles. The lowest BCUT2D eigenvalue weighted by Gasteiger charge is -2.34. The van der Waals surface area contributed by atoms with Gasteiger partial charge in [-0.2, -0.15) is 0 Å². The van der Waals surface area contributed by atoms with Gasteiger partial charge < -0.3 is 20.1 Å². The predicted octanol–water partition coefficient (Wildman–Crippen LogP) is 2.69. The van der Waals surface area contributed by atoms with E-state index in [-0.39, 0.29) is 24.3 Å². The van der Waals surface area contributed by atoms with E-state index in [4.69, 9.17) is 0 Å². The fourth-order valence-corrected chi connectivity index (χ4v) is 4.54. The number of fused-ring (bicyclic) bond motifs is 1. The maximum absolute atomic E-state index is 12.9. The molecule has 0 saturated carbocycles. The number of aromatic amines is 1. The number of amides is 3. The third-order valence-electron chi connectivity index (χ3n) is 6.30. The Hall–Kier alpha value is -3.65. The van der Waals surface area contributed by atoms with Gasteiger partial charge in [-0.25, -0.2) is 0 Å². The SMILES string of the molecule is O=C(CN1CCN(C(=O)c2cc3ccccc3[nH]2)CC1)Nc1cccc(N2CCCC2=O)c1. The second-order valence-electron chi connectivity index (χ2n) is 8.59. The van der Waals surface area contributed by atoms with E-state index in [9.17, 15) is 14.4 Å². The molecule has 2 aliphatic rings. The van der Waals surface area contributed by atoms with Crippen molar-refractivity contribution in [2.24, 2.45) is 0 Å². The van der Waals surface area contributed by atoms with Gasteiger partial charge in [-0.3, -0.25) is 19.3 Å². The van der Waals surface area contributed by atoms with E-state index in [1.165, 1.54) is 0 Å². The lowest BCUT2D eigenvalue weighted by Crippen LogP contribution is -2.50. The molecule has 170 valence electrons. The van der Waals surface area contributed by atoms with E-state index >= 15 is 0 Å². The molecular weight excluding hydrogens is 418 g/mol. The fourth-order valence-electron chi connectivity index (χ4n) is 4.54. The molecule has 2 fully saturated rings. The van der Waals surface area contributed by atoms with Gasteiger partial charge in [0.05, 0.1) is 6.54 Å². The number of piperazine rings is 1. The third kappa shape index (κ3) is 4.61. The van der Waals surface area contributed by atoms with Crippen LogP contribution in [0.1, 0.15) is 23.3 Å². The molecule has 2 aliphatic heterocycles. The van der Waals surface area contributed by atoms with Crippen molar-refractivity contribution in [1.82, 2.24) is 14.8 Å². The van der Waals surface area contributed by atoms with Gasteiger partial charge in [0.2, 0.25) is 11.8 Å². The maximum atomic E-state index is 12.9. The summed E-state index contributed by atoms with van der Waals surface area (Å²) in [5.41, 5.74) is 3.05. The van der Waals surface area contributed by atoms with Gasteiger partial charge in [-0.05, 0) is 36.8 Å². The molecule has 3 aromatic rings. The minimum absolute atomic E-state index is 0.0106. The van der Waals surface area contributed by atoms with Crippen LogP contribution >= 0.6 is 0 Å². The van der Waals surface area contributed by atoms with Crippen molar-refractivity contribution in [2.45, 2.75) is 12.8 Å². The molecule has 2 saturated heterocycles. The van der Waals surface area contributed by atoms with Crippen molar-refractivity contribution in [3.8, 4) is 0 Å². The maximum Gasteiger partial charge on any atom is 0.270 e. The van der Waals surface area contributed by atoms with Crippen LogP contribution in [-0.4, -0.2) is 71.8 Å². The van der Waals surface area contributed by atoms with Crippen LogP contribution < -0.4 is 10.2 Å². The van der Waals surface area contributed by atoms with Crippen LogP contribution in [0.5, 0.6) is 0 Å². The second-order valence-corrected chi connectivity index (χ2v) is 8.59. The summed E-state index contributed by atoms with van der Waals surface area (Å²) in [6.45, 7) is 3.42. The smallest absolute Gasteiger partial charge is 0.270 e. The van der Waals surface area contributed by atoms with Crippen molar-refractivity contribution in [3.05, 3.63) is 60.3 Å². The molecule has 1 aromatic heterocycles. The molecule has 0 unspecified atom stereocenters. The first-order valence-corrected chi connectivity index (χ1v) is 11.4. The lowest BCUT2D eigenvalue weighted by atomic mass is 10.2. The first-order valence-electron chi connectivity index (χ1n) is 11.4. The fraction of sp³-hybridized carbons (Fsp3) is 0.320. The quantitative estimate of drug-likeness (QED) is 0.632. The van der Waals surface area contributed by atoms with Gasteiger partial charge in [0.25, 0.3) is 5.91 Å². The number of nitrogens with one attached hydrogen (secondary N) is 2. The van der Waals surface area contributed by atoms with Gasteiger partial charge in [0, 0.05) is 61.4 Å². The van der Waals surface area contributed by atoms with Gasteiger partial charge in [0.1, 0.15) is 5.69 Å². The van der Waals surface area contributed by atoms with Gasteiger partial charge in [-0.1, -0.05) is 24.3 Å². The van der Waals surface area contributed by atoms with Gasteiger partial charge >= 0.3 is 0 Å². The number of anilines is 2. The van der Waals surface area contributed by atoms with E-state index in [0.29, 0.717) is 44.0 Å². The van der Waals surface area contributed by atoms with Crippen molar-refractivity contribution in [2.75, 3.05) is 49.5 Å². The van der Waals surface area contributed by atoms with Gasteiger partial charge in [-0.15, -0.1) is 0 Å². The topological polar surface area (TPSA) is 88.8 Å². The van der Waals surface area contributed by atoms with Crippen LogP contribution in [-0.2, 0) is 9.59 Å². The first-order chi connectivity index (χ1) is 16.1. The summed E-state index contributed by atoms with van der Waals surface area (Å²) in [7, 11) is 0. The van der Waals surface area contributed by atoms with E-state index in [1.807, 2.05) is 59.5 Å². The summed E-state index contributed by atoms with van der Waals surface area (Å²) >= 11 is 0. The van der Waals surface area contributed by atoms with Crippen molar-refractivity contribution >= 4 is 40.0 Å². The number of nitrogens with zero attached hydrogens (tertiary/aromatic N) is 3. The zero-order valence-electron chi connectivity index (χ0n) is 18.4. The molecule has 8 nitrogen and oxygen atoms in total. The van der Waals surface area contributed by atoms with Crippen LogP contribution in [0, 0.1) is 0 Å². The van der Waals surface area contributed by atoms with Crippen LogP contribution in [0.15, 0.2) is 54.6 Å². The van der Waals surface area contributed by atoms with E-state index in [2.05, 4.69) is 15.2 Å². The molecule has 33 heavy (non-hydrogen) atoms. The second kappa shape index (κ2) is 9.07. The standard InChI is InChI=1S/C25H27N5O3/c31-23(26-19-6-3-7-20(16-19)30-10-4-9-24(30)32)17-28-11-13-29(14-12-28)25(33)22-15-18-5-1-2-8-21(18)27-22/h1-3,5-8,15-16,27H,4,9-14,17H2,(H,26,31). The molecule has 5 rings (SSSR count). The van der Waals surface area contributed by atoms with E-state index < -0.39 is 0 Å². The molecule has 2 N–H and O–H groups in total. The Morgan fingerprint density at radius 2 is 1.76 bits per heavy atom. The molecule has 0 bridgehead atoms. The zero-order valence-corrected chi connectivity index (χ0v) is 18.4. The summed E-state index contributed by atoms with van der Waals surface area (Å²) in [6.07, 6.45) is 1.44. The Kier molecular flexibility index (Phi) is 5.83. The highest BCUT2D eigenvalue weighted by atomic mass is 16.2. The average molecular weight is 446 g/mol.